The van der Waals surface area contributed by atoms with Gasteiger partial charge in [-0.25, -0.2) is 9.78 Å². The Hall–Kier alpha value is -3.35. The van der Waals surface area contributed by atoms with Gasteiger partial charge in [-0.15, -0.1) is 0 Å². The van der Waals surface area contributed by atoms with E-state index in [0.29, 0.717) is 18.9 Å². The number of hydrogen-bond donors (Lipinski definition) is 1. The van der Waals surface area contributed by atoms with E-state index >= 15 is 0 Å². The Morgan fingerprint density at radius 3 is 2.71 bits per heavy atom. The Labute approximate surface area is 164 Å². The first kappa shape index (κ1) is 18.0. The number of pyridine rings is 1. The van der Waals surface area contributed by atoms with Crippen LogP contribution >= 0.6 is 0 Å². The Balaban J connectivity index is 1.56. The van der Waals surface area contributed by atoms with Gasteiger partial charge in [0.1, 0.15) is 11.6 Å². The van der Waals surface area contributed by atoms with E-state index in [1.165, 1.54) is 0 Å². The number of carbonyl (C=O) groups is 1. The summed E-state index contributed by atoms with van der Waals surface area (Å²) >= 11 is 0. The lowest BCUT2D eigenvalue weighted by molar-refractivity contribution is 0.172. The van der Waals surface area contributed by atoms with Crippen LogP contribution in [0.15, 0.2) is 55.0 Å². The molecule has 4 rings (SSSR count). The Kier molecular flexibility index (Phi) is 4.50. The fourth-order valence-electron chi connectivity index (χ4n) is 3.48. The van der Waals surface area contributed by atoms with E-state index in [9.17, 15) is 4.79 Å². The summed E-state index contributed by atoms with van der Waals surface area (Å²) in [7, 11) is 1.64. The van der Waals surface area contributed by atoms with Gasteiger partial charge in [0.2, 0.25) is 0 Å². The number of hydrogen-bond acceptors (Lipinski definition) is 4. The monoisotopic (exact) mass is 377 g/mol. The quantitative estimate of drug-likeness (QED) is 0.736. The molecule has 1 aliphatic rings. The van der Waals surface area contributed by atoms with Crippen LogP contribution in [0.4, 0.5) is 10.6 Å². The van der Waals surface area contributed by atoms with Crippen LogP contribution < -0.4 is 9.64 Å². The highest BCUT2D eigenvalue weighted by molar-refractivity contribution is 5.94. The Morgan fingerprint density at radius 1 is 1.18 bits per heavy atom. The summed E-state index contributed by atoms with van der Waals surface area (Å²) in [5, 5.41) is 6.75. The van der Waals surface area contributed by atoms with E-state index in [1.807, 2.05) is 47.5 Å². The summed E-state index contributed by atoms with van der Waals surface area (Å²) in [5.41, 5.74) is 2.64. The molecule has 3 aromatic rings. The highest BCUT2D eigenvalue weighted by atomic mass is 16.5. The summed E-state index contributed by atoms with van der Waals surface area (Å²) < 4.78 is 5.30. The minimum absolute atomic E-state index is 0.0450. The second-order valence-electron chi connectivity index (χ2n) is 7.51. The van der Waals surface area contributed by atoms with Gasteiger partial charge in [-0.05, 0) is 43.7 Å². The van der Waals surface area contributed by atoms with Crippen molar-refractivity contribution in [3.8, 4) is 16.9 Å². The molecule has 3 heterocycles. The molecule has 1 aliphatic heterocycles. The molecule has 0 saturated carbocycles. The number of benzene rings is 1. The van der Waals surface area contributed by atoms with Crippen molar-refractivity contribution in [3.05, 3.63) is 60.6 Å². The number of ether oxygens (including phenoxy) is 1. The van der Waals surface area contributed by atoms with Gasteiger partial charge in [0.15, 0.2) is 0 Å². The fourth-order valence-corrected chi connectivity index (χ4v) is 3.48. The molecule has 2 amide bonds. The molecule has 0 atom stereocenters. The maximum absolute atomic E-state index is 13.2. The minimum Gasteiger partial charge on any atom is -0.497 e. The lowest BCUT2D eigenvalue weighted by atomic mass is 10.0. The molecule has 144 valence electrons. The molecule has 0 unspecified atom stereocenters. The van der Waals surface area contributed by atoms with Crippen LogP contribution in [0.5, 0.6) is 5.75 Å². The number of nitrogens with zero attached hydrogens (tertiary/aromatic N) is 4. The zero-order valence-corrected chi connectivity index (χ0v) is 16.2. The third-order valence-electron chi connectivity index (χ3n) is 5.07. The first-order chi connectivity index (χ1) is 13.5. The zero-order chi connectivity index (χ0) is 19.7. The van der Waals surface area contributed by atoms with Gasteiger partial charge < -0.3 is 9.64 Å². The second-order valence-corrected chi connectivity index (χ2v) is 7.51. The molecule has 1 aromatic carbocycles. The SMILES string of the molecule is COc1cccc(CN2C(=O)N(c3ccc(-c4cn[nH]c4)cn3)CC2(C)C)c1. The number of rotatable bonds is 5. The van der Waals surface area contributed by atoms with Crippen molar-refractivity contribution in [1.29, 1.82) is 0 Å². The smallest absolute Gasteiger partial charge is 0.326 e. The lowest BCUT2D eigenvalue weighted by Crippen LogP contribution is -2.41. The van der Waals surface area contributed by atoms with Crippen molar-refractivity contribution in [2.24, 2.45) is 0 Å². The molecule has 2 aromatic heterocycles. The number of aromatic nitrogens is 3. The van der Waals surface area contributed by atoms with Crippen molar-refractivity contribution >= 4 is 11.8 Å². The maximum Gasteiger partial charge on any atom is 0.326 e. The second kappa shape index (κ2) is 6.99. The van der Waals surface area contributed by atoms with Crippen LogP contribution in [0.25, 0.3) is 11.1 Å². The minimum atomic E-state index is -0.314. The van der Waals surface area contributed by atoms with Crippen LogP contribution in [-0.2, 0) is 6.54 Å². The molecule has 0 aliphatic carbocycles. The van der Waals surface area contributed by atoms with Gasteiger partial charge in [0, 0.05) is 30.1 Å². The number of nitrogens with one attached hydrogen (secondary N) is 1. The van der Waals surface area contributed by atoms with Gasteiger partial charge in [-0.1, -0.05) is 12.1 Å². The lowest BCUT2D eigenvalue weighted by Gasteiger charge is -2.29. The predicted molar refractivity (Wildman–Crippen MR) is 107 cm³/mol. The molecular weight excluding hydrogens is 354 g/mol. The van der Waals surface area contributed by atoms with Crippen LogP contribution in [0.2, 0.25) is 0 Å². The number of amides is 2. The van der Waals surface area contributed by atoms with Gasteiger partial charge >= 0.3 is 6.03 Å². The van der Waals surface area contributed by atoms with Crippen LogP contribution in [-0.4, -0.2) is 45.3 Å². The molecule has 1 N–H and O–H groups in total. The topological polar surface area (TPSA) is 74.3 Å². The number of H-pyrrole nitrogens is 1. The summed E-state index contributed by atoms with van der Waals surface area (Å²) in [6.07, 6.45) is 5.33. The average molecular weight is 377 g/mol. The number of urea groups is 1. The molecule has 28 heavy (non-hydrogen) atoms. The highest BCUT2D eigenvalue weighted by Crippen LogP contribution is 2.32. The zero-order valence-electron chi connectivity index (χ0n) is 16.2. The van der Waals surface area contributed by atoms with Crippen molar-refractivity contribution in [1.82, 2.24) is 20.1 Å². The van der Waals surface area contributed by atoms with Crippen molar-refractivity contribution < 1.29 is 9.53 Å². The van der Waals surface area contributed by atoms with Gasteiger partial charge in [-0.3, -0.25) is 10.00 Å². The van der Waals surface area contributed by atoms with Crippen molar-refractivity contribution in [3.63, 3.8) is 0 Å². The summed E-state index contributed by atoms with van der Waals surface area (Å²) in [6.45, 7) is 5.25. The average Bonchev–Trinajstić information content (AvgIpc) is 3.31. The van der Waals surface area contributed by atoms with E-state index in [2.05, 4.69) is 29.0 Å². The third kappa shape index (κ3) is 3.31. The van der Waals surface area contributed by atoms with E-state index in [-0.39, 0.29) is 11.6 Å². The third-order valence-corrected chi connectivity index (χ3v) is 5.07. The molecule has 0 bridgehead atoms. The predicted octanol–water partition coefficient (Wildman–Crippen LogP) is 3.70. The largest absolute Gasteiger partial charge is 0.497 e. The van der Waals surface area contributed by atoms with E-state index in [0.717, 1.165) is 22.4 Å². The molecule has 0 spiro atoms. The number of aromatic amines is 1. The summed E-state index contributed by atoms with van der Waals surface area (Å²) in [4.78, 5) is 21.3. The first-order valence-corrected chi connectivity index (χ1v) is 9.15. The highest BCUT2D eigenvalue weighted by Gasteiger charge is 2.44. The van der Waals surface area contributed by atoms with E-state index < -0.39 is 0 Å². The van der Waals surface area contributed by atoms with E-state index in [1.54, 1.807) is 24.4 Å². The maximum atomic E-state index is 13.2. The normalized spacial score (nSPS) is 15.9. The molecule has 7 heteroatoms. The molecule has 1 fully saturated rings. The van der Waals surface area contributed by atoms with Gasteiger partial charge in [0.25, 0.3) is 0 Å². The molecular formula is C21H23N5O2. The Bertz CT molecular complexity index is 967. The Morgan fingerprint density at radius 2 is 2.04 bits per heavy atom. The molecule has 7 nitrogen and oxygen atoms in total. The fraction of sp³-hybridized carbons (Fsp3) is 0.286. The summed E-state index contributed by atoms with van der Waals surface area (Å²) in [5.74, 6) is 1.44. The first-order valence-electron chi connectivity index (χ1n) is 9.15. The van der Waals surface area contributed by atoms with Crippen LogP contribution in [0, 0.1) is 0 Å². The van der Waals surface area contributed by atoms with Gasteiger partial charge in [0.05, 0.1) is 25.4 Å². The van der Waals surface area contributed by atoms with Gasteiger partial charge in [-0.2, -0.15) is 5.10 Å². The molecule has 0 radical (unpaired) electrons. The van der Waals surface area contributed by atoms with Crippen molar-refractivity contribution in [2.45, 2.75) is 25.9 Å². The van der Waals surface area contributed by atoms with Crippen LogP contribution in [0.1, 0.15) is 19.4 Å². The summed E-state index contributed by atoms with van der Waals surface area (Å²) in [6, 6.07) is 11.6. The molecule has 1 saturated heterocycles. The number of methoxy groups -OCH3 is 1. The standard InChI is InChI=1S/C21H23N5O2/c1-21(2)14-25(19-8-7-16(10-22-19)17-11-23-24-12-17)20(27)26(21)13-15-5-4-6-18(9-15)28-3/h4-12H,13-14H2,1-3H3,(H,23,24). The number of anilines is 1. The number of carbonyl (C=O) groups excluding carboxylic acids is 1. The van der Waals surface area contributed by atoms with Crippen LogP contribution in [0.3, 0.4) is 0 Å². The van der Waals surface area contributed by atoms with E-state index in [4.69, 9.17) is 4.74 Å². The van der Waals surface area contributed by atoms with Crippen molar-refractivity contribution in [2.75, 3.05) is 18.6 Å².